The van der Waals surface area contributed by atoms with Crippen LogP contribution in [0.15, 0.2) is 48.5 Å². The number of amides is 2. The predicted molar refractivity (Wildman–Crippen MR) is 106 cm³/mol. The van der Waals surface area contributed by atoms with E-state index in [9.17, 15) is 9.59 Å². The Morgan fingerprint density at radius 1 is 1.22 bits per heavy atom. The molecule has 2 aromatic rings. The number of hydrogen-bond acceptors (Lipinski definition) is 3. The Labute approximate surface area is 160 Å². The lowest BCUT2D eigenvalue weighted by Gasteiger charge is -2.28. The number of fused-ring (bicyclic) bond motifs is 1. The van der Waals surface area contributed by atoms with Gasteiger partial charge in [0.25, 0.3) is 0 Å². The fraction of sp³-hybridized carbons (Fsp3) is 0.364. The van der Waals surface area contributed by atoms with Crippen molar-refractivity contribution in [3.8, 4) is 5.75 Å². The van der Waals surface area contributed by atoms with E-state index in [-0.39, 0.29) is 23.8 Å². The van der Waals surface area contributed by atoms with Crippen LogP contribution in [-0.2, 0) is 16.0 Å². The normalized spacial score (nSPS) is 16.9. The number of nitrogens with zero attached hydrogens (tertiary/aromatic N) is 1. The van der Waals surface area contributed by atoms with Crippen LogP contribution in [0.25, 0.3) is 0 Å². The highest BCUT2D eigenvalue weighted by Crippen LogP contribution is 2.28. The van der Waals surface area contributed by atoms with Gasteiger partial charge in [0.1, 0.15) is 5.75 Å². The van der Waals surface area contributed by atoms with Crippen molar-refractivity contribution in [3.63, 3.8) is 0 Å². The van der Waals surface area contributed by atoms with Gasteiger partial charge in [-0.25, -0.2) is 0 Å². The summed E-state index contributed by atoms with van der Waals surface area (Å²) in [4.78, 5) is 26.7. The van der Waals surface area contributed by atoms with Crippen molar-refractivity contribution in [2.45, 2.75) is 32.2 Å². The molecule has 0 aliphatic carbocycles. The first kappa shape index (κ1) is 19.0. The molecule has 0 aromatic heterocycles. The van der Waals surface area contributed by atoms with Crippen LogP contribution in [0, 0.1) is 5.92 Å². The molecule has 1 aliphatic heterocycles. The van der Waals surface area contributed by atoms with Gasteiger partial charge < -0.3 is 15.0 Å². The number of carbonyl (C=O) groups excluding carboxylic acids is 2. The number of benzene rings is 2. The van der Waals surface area contributed by atoms with E-state index in [2.05, 4.69) is 5.32 Å². The average Bonchev–Trinajstić information content (AvgIpc) is 2.70. The Kier molecular flexibility index (Phi) is 5.79. The van der Waals surface area contributed by atoms with E-state index in [1.807, 2.05) is 62.5 Å². The molecule has 2 amide bonds. The Morgan fingerprint density at radius 3 is 2.63 bits per heavy atom. The van der Waals surface area contributed by atoms with Crippen molar-refractivity contribution >= 4 is 17.5 Å². The second-order valence-electron chi connectivity index (χ2n) is 7.04. The van der Waals surface area contributed by atoms with E-state index in [1.165, 1.54) is 0 Å². The van der Waals surface area contributed by atoms with E-state index in [0.29, 0.717) is 19.3 Å². The second-order valence-corrected chi connectivity index (χ2v) is 7.04. The molecule has 0 saturated carbocycles. The van der Waals surface area contributed by atoms with Crippen LogP contribution in [0.5, 0.6) is 5.75 Å². The molecule has 2 atom stereocenters. The largest absolute Gasteiger partial charge is 0.497 e. The quantitative estimate of drug-likeness (QED) is 0.846. The number of nitrogens with one attached hydrogen (secondary N) is 1. The summed E-state index contributed by atoms with van der Waals surface area (Å²) in [5.41, 5.74) is 3.07. The lowest BCUT2D eigenvalue weighted by molar-refractivity contribution is -0.132. The minimum atomic E-state index is -0.159. The summed E-state index contributed by atoms with van der Waals surface area (Å²) >= 11 is 0. The Hall–Kier alpha value is -2.82. The molecule has 0 bridgehead atoms. The molecule has 142 valence electrons. The molecule has 0 saturated heterocycles. The molecule has 1 N–H and O–H groups in total. The molecule has 3 rings (SSSR count). The number of rotatable bonds is 6. The summed E-state index contributed by atoms with van der Waals surface area (Å²) in [6.07, 6.45) is 1.60. The lowest BCUT2D eigenvalue weighted by Crippen LogP contribution is -2.33. The second kappa shape index (κ2) is 8.25. The summed E-state index contributed by atoms with van der Waals surface area (Å²) < 4.78 is 5.18. The molecular weight excluding hydrogens is 340 g/mol. The van der Waals surface area contributed by atoms with Crippen molar-refractivity contribution < 1.29 is 14.3 Å². The van der Waals surface area contributed by atoms with Gasteiger partial charge in [0, 0.05) is 25.1 Å². The van der Waals surface area contributed by atoms with E-state index < -0.39 is 0 Å². The molecule has 0 radical (unpaired) electrons. The van der Waals surface area contributed by atoms with E-state index in [4.69, 9.17) is 4.74 Å². The molecule has 5 heteroatoms. The molecule has 5 nitrogen and oxygen atoms in total. The summed E-state index contributed by atoms with van der Waals surface area (Å²) in [6.45, 7) is 2.00. The summed E-state index contributed by atoms with van der Waals surface area (Å²) in [6, 6.07) is 15.5. The minimum absolute atomic E-state index is 0.00681. The first-order valence-corrected chi connectivity index (χ1v) is 9.28. The van der Waals surface area contributed by atoms with Crippen LogP contribution < -0.4 is 10.1 Å². The van der Waals surface area contributed by atoms with Crippen LogP contribution in [0.1, 0.15) is 36.9 Å². The predicted octanol–water partition coefficient (Wildman–Crippen LogP) is 3.81. The minimum Gasteiger partial charge on any atom is -0.497 e. The number of anilines is 1. The molecule has 1 heterocycles. The summed E-state index contributed by atoms with van der Waals surface area (Å²) in [7, 11) is 3.45. The third-order valence-electron chi connectivity index (χ3n) is 5.39. The Balaban J connectivity index is 1.57. The highest BCUT2D eigenvalue weighted by atomic mass is 16.5. The fourth-order valence-corrected chi connectivity index (χ4v) is 3.44. The SMILES string of the molecule is COc1ccc(C(C)N(C)C(=O)CCC2Cc3ccccc3NC2=O)cc1. The van der Waals surface area contributed by atoms with Gasteiger partial charge in [-0.1, -0.05) is 30.3 Å². The molecule has 1 aliphatic rings. The van der Waals surface area contributed by atoms with Crippen LogP contribution in [0.2, 0.25) is 0 Å². The Morgan fingerprint density at radius 2 is 1.93 bits per heavy atom. The van der Waals surface area contributed by atoms with Crippen molar-refractivity contribution in [1.82, 2.24) is 4.90 Å². The van der Waals surface area contributed by atoms with Gasteiger partial charge in [-0.05, 0) is 49.1 Å². The zero-order valence-corrected chi connectivity index (χ0v) is 16.1. The molecule has 0 fully saturated rings. The van der Waals surface area contributed by atoms with Crippen molar-refractivity contribution in [3.05, 3.63) is 59.7 Å². The maximum Gasteiger partial charge on any atom is 0.227 e. The molecule has 0 spiro atoms. The standard InChI is InChI=1S/C22H26N2O3/c1-15(16-8-11-19(27-3)12-9-16)24(2)21(25)13-10-18-14-17-6-4-5-7-20(17)23-22(18)26/h4-9,11-12,15,18H,10,13-14H2,1-3H3,(H,23,26). The number of ether oxygens (including phenoxy) is 1. The molecular formula is C22H26N2O3. The topological polar surface area (TPSA) is 58.6 Å². The smallest absolute Gasteiger partial charge is 0.227 e. The van der Waals surface area contributed by atoms with Gasteiger partial charge in [0.2, 0.25) is 11.8 Å². The van der Waals surface area contributed by atoms with E-state index >= 15 is 0 Å². The fourth-order valence-electron chi connectivity index (χ4n) is 3.44. The number of para-hydroxylation sites is 1. The van der Waals surface area contributed by atoms with Gasteiger partial charge in [0.15, 0.2) is 0 Å². The van der Waals surface area contributed by atoms with Gasteiger partial charge in [0.05, 0.1) is 13.2 Å². The maximum absolute atomic E-state index is 12.6. The van der Waals surface area contributed by atoms with E-state index in [1.54, 1.807) is 12.0 Å². The summed E-state index contributed by atoms with van der Waals surface area (Å²) in [5.74, 6) is 0.689. The molecule has 2 aromatic carbocycles. The summed E-state index contributed by atoms with van der Waals surface area (Å²) in [5, 5.41) is 2.95. The number of hydrogen-bond donors (Lipinski definition) is 1. The van der Waals surface area contributed by atoms with Gasteiger partial charge >= 0.3 is 0 Å². The number of methoxy groups -OCH3 is 1. The van der Waals surface area contributed by atoms with E-state index in [0.717, 1.165) is 22.6 Å². The first-order chi connectivity index (χ1) is 13.0. The van der Waals surface area contributed by atoms with Gasteiger partial charge in [-0.15, -0.1) is 0 Å². The first-order valence-electron chi connectivity index (χ1n) is 9.28. The van der Waals surface area contributed by atoms with Crippen LogP contribution >= 0.6 is 0 Å². The molecule has 27 heavy (non-hydrogen) atoms. The molecule has 2 unspecified atom stereocenters. The average molecular weight is 366 g/mol. The highest BCUT2D eigenvalue weighted by molar-refractivity contribution is 5.96. The highest BCUT2D eigenvalue weighted by Gasteiger charge is 2.27. The van der Waals surface area contributed by atoms with Crippen LogP contribution in [0.4, 0.5) is 5.69 Å². The van der Waals surface area contributed by atoms with Gasteiger partial charge in [-0.2, -0.15) is 0 Å². The lowest BCUT2D eigenvalue weighted by atomic mass is 9.89. The zero-order valence-electron chi connectivity index (χ0n) is 16.1. The van der Waals surface area contributed by atoms with Crippen molar-refractivity contribution in [2.75, 3.05) is 19.5 Å². The third-order valence-corrected chi connectivity index (χ3v) is 5.39. The zero-order chi connectivity index (χ0) is 19.4. The van der Waals surface area contributed by atoms with Crippen molar-refractivity contribution in [1.29, 1.82) is 0 Å². The monoisotopic (exact) mass is 366 g/mol. The Bertz CT molecular complexity index is 817. The van der Waals surface area contributed by atoms with Crippen LogP contribution in [0.3, 0.4) is 0 Å². The van der Waals surface area contributed by atoms with Crippen molar-refractivity contribution in [2.24, 2.45) is 5.92 Å². The maximum atomic E-state index is 12.6. The van der Waals surface area contributed by atoms with Crippen LogP contribution in [-0.4, -0.2) is 30.9 Å². The third kappa shape index (κ3) is 4.30. The van der Waals surface area contributed by atoms with Gasteiger partial charge in [-0.3, -0.25) is 9.59 Å². The number of carbonyl (C=O) groups is 2.